The van der Waals surface area contributed by atoms with Crippen LogP contribution in [0.4, 0.5) is 5.82 Å². The molecule has 0 aliphatic rings. The summed E-state index contributed by atoms with van der Waals surface area (Å²) in [5.41, 5.74) is 3.75. The van der Waals surface area contributed by atoms with Crippen molar-refractivity contribution in [3.8, 4) is 5.75 Å². The molecule has 0 fully saturated rings. The number of methoxy groups -OCH3 is 1. The fourth-order valence-corrected chi connectivity index (χ4v) is 3.85. The number of aromatic nitrogens is 2. The van der Waals surface area contributed by atoms with E-state index in [1.807, 2.05) is 19.1 Å². The maximum Gasteiger partial charge on any atom is 0.339 e. The molecule has 0 bridgehead atoms. The topological polar surface area (TPSA) is 86.4 Å². The highest BCUT2D eigenvalue weighted by Gasteiger charge is 2.15. The van der Waals surface area contributed by atoms with E-state index in [0.29, 0.717) is 29.3 Å². The minimum absolute atomic E-state index is 0.156. The zero-order chi connectivity index (χ0) is 23.4. The summed E-state index contributed by atoms with van der Waals surface area (Å²) >= 11 is 0. The number of aryl methyl sites for hydroxylation is 2. The van der Waals surface area contributed by atoms with Crippen LogP contribution in [0.3, 0.4) is 0 Å². The van der Waals surface area contributed by atoms with Gasteiger partial charge in [-0.1, -0.05) is 31.2 Å². The van der Waals surface area contributed by atoms with Gasteiger partial charge in [-0.25, -0.2) is 9.48 Å². The summed E-state index contributed by atoms with van der Waals surface area (Å²) in [6.45, 7) is 4.55. The molecule has 0 aliphatic carbocycles. The Bertz CT molecular complexity index is 1340. The van der Waals surface area contributed by atoms with Crippen LogP contribution in [-0.4, -0.2) is 22.8 Å². The smallest absolute Gasteiger partial charge is 0.339 e. The number of hydrogen-bond donors (Lipinski definition) is 1. The first kappa shape index (κ1) is 22.3. The van der Waals surface area contributed by atoms with E-state index in [9.17, 15) is 9.59 Å². The molecule has 1 amide bonds. The highest BCUT2D eigenvalue weighted by molar-refractivity contribution is 5.90. The molecule has 33 heavy (non-hydrogen) atoms. The van der Waals surface area contributed by atoms with Gasteiger partial charge in [0.15, 0.2) is 0 Å². The van der Waals surface area contributed by atoms with E-state index in [4.69, 9.17) is 9.15 Å². The molecule has 0 spiro atoms. The van der Waals surface area contributed by atoms with Gasteiger partial charge in [0.1, 0.15) is 17.2 Å². The quantitative estimate of drug-likeness (QED) is 0.404. The Hall–Kier alpha value is -3.87. The van der Waals surface area contributed by atoms with Gasteiger partial charge < -0.3 is 14.5 Å². The van der Waals surface area contributed by atoms with Crippen molar-refractivity contribution < 1.29 is 13.9 Å². The van der Waals surface area contributed by atoms with E-state index in [1.54, 1.807) is 30.1 Å². The fourth-order valence-electron chi connectivity index (χ4n) is 3.85. The Kier molecular flexibility index (Phi) is 6.58. The Morgan fingerprint density at radius 3 is 2.61 bits per heavy atom. The average Bonchev–Trinajstić information content (AvgIpc) is 3.25. The van der Waals surface area contributed by atoms with E-state index >= 15 is 0 Å². The number of amides is 1. The second kappa shape index (κ2) is 9.73. The molecule has 0 atom stereocenters. The molecular formula is C26H27N3O4. The van der Waals surface area contributed by atoms with E-state index in [-0.39, 0.29) is 18.7 Å². The van der Waals surface area contributed by atoms with E-state index in [1.165, 1.54) is 5.56 Å². The van der Waals surface area contributed by atoms with E-state index in [2.05, 4.69) is 41.6 Å². The van der Waals surface area contributed by atoms with Gasteiger partial charge in [-0.05, 0) is 48.6 Å². The molecule has 4 aromatic rings. The summed E-state index contributed by atoms with van der Waals surface area (Å²) in [5.74, 6) is 1.05. The zero-order valence-electron chi connectivity index (χ0n) is 19.1. The molecular weight excluding hydrogens is 418 g/mol. The second-order valence-electron chi connectivity index (χ2n) is 7.95. The Labute approximate surface area is 192 Å². The first-order valence-electron chi connectivity index (χ1n) is 11.0. The van der Waals surface area contributed by atoms with Crippen molar-refractivity contribution in [1.29, 1.82) is 0 Å². The predicted octanol–water partition coefficient (Wildman–Crippen LogP) is 4.49. The van der Waals surface area contributed by atoms with Crippen molar-refractivity contribution in [2.45, 2.75) is 39.7 Å². The lowest BCUT2D eigenvalue weighted by atomic mass is 10.0. The minimum atomic E-state index is -0.429. The highest BCUT2D eigenvalue weighted by Crippen LogP contribution is 2.24. The third-order valence-corrected chi connectivity index (χ3v) is 5.84. The van der Waals surface area contributed by atoms with Crippen LogP contribution >= 0.6 is 0 Å². The first-order chi connectivity index (χ1) is 16.0. The number of nitrogens with zero attached hydrogens (tertiary/aromatic N) is 2. The molecule has 1 N–H and O–H groups in total. The van der Waals surface area contributed by atoms with Crippen LogP contribution < -0.4 is 15.7 Å². The lowest BCUT2D eigenvalue weighted by molar-refractivity contribution is -0.116. The van der Waals surface area contributed by atoms with Crippen LogP contribution in [0.1, 0.15) is 35.6 Å². The number of carbonyl (C=O) groups is 1. The van der Waals surface area contributed by atoms with Crippen molar-refractivity contribution in [2.24, 2.45) is 0 Å². The molecule has 2 aromatic heterocycles. The number of carbonyl (C=O) groups excluding carboxylic acids is 1. The van der Waals surface area contributed by atoms with Gasteiger partial charge in [0, 0.05) is 29.5 Å². The fraction of sp³-hybridized carbons (Fsp3) is 0.269. The number of rotatable bonds is 8. The lowest BCUT2D eigenvalue weighted by Crippen LogP contribution is -2.18. The SMILES string of the molecule is CCc1ccc(Cn2nccc2NC(=O)CCc2c(C)c3ccc(OC)cc3oc2=O)cc1. The van der Waals surface area contributed by atoms with Crippen molar-refractivity contribution >= 4 is 22.7 Å². The van der Waals surface area contributed by atoms with Crippen LogP contribution in [0.25, 0.3) is 11.0 Å². The molecule has 4 rings (SSSR count). The zero-order valence-corrected chi connectivity index (χ0v) is 19.1. The molecule has 7 heteroatoms. The number of benzene rings is 2. The number of fused-ring (bicyclic) bond motifs is 1. The summed E-state index contributed by atoms with van der Waals surface area (Å²) in [5, 5.41) is 8.07. The Morgan fingerprint density at radius 2 is 1.88 bits per heavy atom. The maximum absolute atomic E-state index is 12.6. The molecule has 2 aromatic carbocycles. The average molecular weight is 446 g/mol. The van der Waals surface area contributed by atoms with Gasteiger partial charge in [-0.15, -0.1) is 0 Å². The number of ether oxygens (including phenoxy) is 1. The van der Waals surface area contributed by atoms with Gasteiger partial charge in [-0.3, -0.25) is 4.79 Å². The van der Waals surface area contributed by atoms with Gasteiger partial charge in [0.2, 0.25) is 5.91 Å². The predicted molar refractivity (Wildman–Crippen MR) is 128 cm³/mol. The molecule has 0 saturated heterocycles. The molecule has 2 heterocycles. The first-order valence-corrected chi connectivity index (χ1v) is 11.0. The summed E-state index contributed by atoms with van der Waals surface area (Å²) in [4.78, 5) is 25.2. The molecule has 0 radical (unpaired) electrons. The Balaban J connectivity index is 1.43. The molecule has 0 aliphatic heterocycles. The van der Waals surface area contributed by atoms with Gasteiger partial charge in [0.05, 0.1) is 19.9 Å². The third-order valence-electron chi connectivity index (χ3n) is 5.84. The lowest BCUT2D eigenvalue weighted by Gasteiger charge is -2.11. The van der Waals surface area contributed by atoms with Crippen LogP contribution in [0.5, 0.6) is 5.75 Å². The summed E-state index contributed by atoms with van der Waals surface area (Å²) in [6, 6.07) is 15.5. The monoisotopic (exact) mass is 445 g/mol. The molecule has 170 valence electrons. The third kappa shape index (κ3) is 4.98. The summed E-state index contributed by atoms with van der Waals surface area (Å²) < 4.78 is 12.4. The van der Waals surface area contributed by atoms with Gasteiger partial charge >= 0.3 is 5.63 Å². The normalized spacial score (nSPS) is 11.0. The number of anilines is 1. The van der Waals surface area contributed by atoms with Crippen LogP contribution in [0, 0.1) is 6.92 Å². The highest BCUT2D eigenvalue weighted by atomic mass is 16.5. The Morgan fingerprint density at radius 1 is 1.12 bits per heavy atom. The standard InChI is InChI=1S/C26H27N3O4/c1-4-18-5-7-19(8-6-18)16-29-24(13-14-27-29)28-25(30)12-11-22-17(2)21-10-9-20(32-3)15-23(21)33-26(22)31/h5-10,13-15H,4,11-12,16H2,1-3H3,(H,28,30). The minimum Gasteiger partial charge on any atom is -0.497 e. The number of hydrogen-bond acceptors (Lipinski definition) is 5. The molecule has 7 nitrogen and oxygen atoms in total. The van der Waals surface area contributed by atoms with E-state index in [0.717, 1.165) is 22.9 Å². The van der Waals surface area contributed by atoms with Crippen LogP contribution in [0.2, 0.25) is 0 Å². The number of nitrogens with one attached hydrogen (secondary N) is 1. The molecule has 0 saturated carbocycles. The van der Waals surface area contributed by atoms with Gasteiger partial charge in [-0.2, -0.15) is 5.10 Å². The van der Waals surface area contributed by atoms with Crippen molar-refractivity contribution in [3.63, 3.8) is 0 Å². The maximum atomic E-state index is 12.6. The van der Waals surface area contributed by atoms with Crippen LogP contribution in [0.15, 0.2) is 63.9 Å². The van der Waals surface area contributed by atoms with Crippen molar-refractivity contribution in [1.82, 2.24) is 9.78 Å². The second-order valence-corrected chi connectivity index (χ2v) is 7.95. The van der Waals surface area contributed by atoms with Crippen LogP contribution in [-0.2, 0) is 24.2 Å². The molecule has 0 unspecified atom stereocenters. The van der Waals surface area contributed by atoms with Crippen molar-refractivity contribution in [2.75, 3.05) is 12.4 Å². The summed E-state index contributed by atoms with van der Waals surface area (Å²) in [7, 11) is 1.56. The largest absolute Gasteiger partial charge is 0.497 e. The summed E-state index contributed by atoms with van der Waals surface area (Å²) in [6.07, 6.45) is 3.09. The van der Waals surface area contributed by atoms with Gasteiger partial charge in [0.25, 0.3) is 0 Å². The van der Waals surface area contributed by atoms with Crippen molar-refractivity contribution in [3.05, 3.63) is 87.4 Å². The van der Waals surface area contributed by atoms with E-state index < -0.39 is 5.63 Å².